The molecule has 2 unspecified atom stereocenters. The quantitative estimate of drug-likeness (QED) is 0.830. The SMILES string of the molecule is Cc1cc(C)cc(CS(=O)CC(=O)C2CCOC2)c1. The van der Waals surface area contributed by atoms with Gasteiger partial charge in [0.15, 0.2) is 5.78 Å². The van der Waals surface area contributed by atoms with Crippen molar-refractivity contribution >= 4 is 16.6 Å². The number of benzene rings is 1. The van der Waals surface area contributed by atoms with E-state index in [1.165, 1.54) is 11.1 Å². The topological polar surface area (TPSA) is 43.4 Å². The van der Waals surface area contributed by atoms with Gasteiger partial charge in [0.25, 0.3) is 0 Å². The van der Waals surface area contributed by atoms with E-state index in [-0.39, 0.29) is 17.5 Å². The molecular weight excluding hydrogens is 260 g/mol. The Morgan fingerprint density at radius 1 is 1.32 bits per heavy atom. The number of ketones is 1. The van der Waals surface area contributed by atoms with Crippen molar-refractivity contribution in [2.75, 3.05) is 19.0 Å². The lowest BCUT2D eigenvalue weighted by molar-refractivity contribution is -0.120. The second kappa shape index (κ2) is 6.44. The Morgan fingerprint density at radius 3 is 2.58 bits per heavy atom. The van der Waals surface area contributed by atoms with Gasteiger partial charge in [0.05, 0.1) is 12.4 Å². The first kappa shape index (κ1) is 14.4. The number of hydrogen-bond donors (Lipinski definition) is 0. The molecule has 1 aliphatic heterocycles. The second-order valence-corrected chi connectivity index (χ2v) is 6.71. The van der Waals surface area contributed by atoms with Gasteiger partial charge in [-0.25, -0.2) is 0 Å². The van der Waals surface area contributed by atoms with Crippen LogP contribution in [0.4, 0.5) is 0 Å². The zero-order chi connectivity index (χ0) is 13.8. The maximum atomic E-state index is 12.1. The molecule has 0 N–H and O–H groups in total. The summed E-state index contributed by atoms with van der Waals surface area (Å²) >= 11 is 0. The van der Waals surface area contributed by atoms with Gasteiger partial charge in [0.1, 0.15) is 0 Å². The highest BCUT2D eigenvalue weighted by Crippen LogP contribution is 2.15. The lowest BCUT2D eigenvalue weighted by Gasteiger charge is -2.08. The van der Waals surface area contributed by atoms with Gasteiger partial charge in [0, 0.05) is 29.1 Å². The molecule has 4 heteroatoms. The first-order chi connectivity index (χ1) is 9.04. The van der Waals surface area contributed by atoms with Gasteiger partial charge in [-0.2, -0.15) is 0 Å². The largest absolute Gasteiger partial charge is 0.381 e. The highest BCUT2D eigenvalue weighted by molar-refractivity contribution is 7.84. The summed E-state index contributed by atoms with van der Waals surface area (Å²) in [5.41, 5.74) is 3.39. The van der Waals surface area contributed by atoms with Crippen LogP contribution >= 0.6 is 0 Å². The van der Waals surface area contributed by atoms with E-state index in [0.717, 1.165) is 12.0 Å². The van der Waals surface area contributed by atoms with E-state index in [9.17, 15) is 9.00 Å². The molecule has 0 aromatic heterocycles. The van der Waals surface area contributed by atoms with E-state index in [1.807, 2.05) is 26.0 Å². The van der Waals surface area contributed by atoms with Gasteiger partial charge in [-0.1, -0.05) is 29.3 Å². The van der Waals surface area contributed by atoms with Crippen molar-refractivity contribution in [3.8, 4) is 0 Å². The van der Waals surface area contributed by atoms with Crippen LogP contribution in [0, 0.1) is 19.8 Å². The van der Waals surface area contributed by atoms with Crippen molar-refractivity contribution in [2.24, 2.45) is 5.92 Å². The monoisotopic (exact) mass is 280 g/mol. The zero-order valence-corrected chi connectivity index (χ0v) is 12.3. The van der Waals surface area contributed by atoms with E-state index in [4.69, 9.17) is 4.74 Å². The van der Waals surface area contributed by atoms with Crippen LogP contribution in [-0.2, 0) is 26.1 Å². The number of hydrogen-bond acceptors (Lipinski definition) is 3. The van der Waals surface area contributed by atoms with Gasteiger partial charge < -0.3 is 4.74 Å². The molecule has 0 bridgehead atoms. The number of Topliss-reactive ketones (excluding diaryl/α,β-unsaturated/α-hetero) is 1. The highest BCUT2D eigenvalue weighted by atomic mass is 32.2. The lowest BCUT2D eigenvalue weighted by atomic mass is 10.1. The molecule has 2 rings (SSSR count). The summed E-state index contributed by atoms with van der Waals surface area (Å²) in [6.07, 6.45) is 0.777. The average molecular weight is 280 g/mol. The number of carbonyl (C=O) groups excluding carboxylic acids is 1. The Bertz CT molecular complexity index is 470. The molecule has 1 heterocycles. The Labute approximate surface area is 116 Å². The predicted octanol–water partition coefficient (Wildman–Crippen LogP) is 2.16. The van der Waals surface area contributed by atoms with Crippen LogP contribution < -0.4 is 0 Å². The third kappa shape index (κ3) is 4.25. The zero-order valence-electron chi connectivity index (χ0n) is 11.5. The maximum Gasteiger partial charge on any atom is 0.150 e. The normalized spacial score (nSPS) is 20.4. The van der Waals surface area contributed by atoms with E-state index < -0.39 is 10.8 Å². The van der Waals surface area contributed by atoms with E-state index in [2.05, 4.69) is 6.07 Å². The molecule has 1 fully saturated rings. The van der Waals surface area contributed by atoms with E-state index in [0.29, 0.717) is 19.0 Å². The summed E-state index contributed by atoms with van der Waals surface area (Å²) in [6.45, 7) is 5.21. The summed E-state index contributed by atoms with van der Waals surface area (Å²) in [5.74, 6) is 0.659. The molecule has 1 aliphatic rings. The van der Waals surface area contributed by atoms with Crippen molar-refractivity contribution in [3.63, 3.8) is 0 Å². The van der Waals surface area contributed by atoms with Crippen molar-refractivity contribution in [1.29, 1.82) is 0 Å². The minimum atomic E-state index is -1.12. The minimum Gasteiger partial charge on any atom is -0.381 e. The molecule has 2 atom stereocenters. The Hall–Kier alpha value is -1.00. The summed E-state index contributed by atoms with van der Waals surface area (Å²) in [7, 11) is -1.12. The fourth-order valence-electron chi connectivity index (χ4n) is 2.45. The highest BCUT2D eigenvalue weighted by Gasteiger charge is 2.24. The molecule has 19 heavy (non-hydrogen) atoms. The summed E-state index contributed by atoms with van der Waals surface area (Å²) in [4.78, 5) is 11.9. The Morgan fingerprint density at radius 2 is 2.00 bits per heavy atom. The van der Waals surface area contributed by atoms with Gasteiger partial charge in [0.2, 0.25) is 0 Å². The molecular formula is C15H20O3S. The van der Waals surface area contributed by atoms with Crippen LogP contribution in [0.25, 0.3) is 0 Å². The molecule has 0 aliphatic carbocycles. The van der Waals surface area contributed by atoms with Crippen molar-refractivity contribution in [1.82, 2.24) is 0 Å². The molecule has 0 amide bonds. The second-order valence-electron chi connectivity index (χ2n) is 5.25. The first-order valence-corrected chi connectivity index (χ1v) is 8.06. The summed E-state index contributed by atoms with van der Waals surface area (Å²) in [6, 6.07) is 6.16. The Kier molecular flexibility index (Phi) is 4.88. The fourth-order valence-corrected chi connectivity index (χ4v) is 3.65. The van der Waals surface area contributed by atoms with Crippen LogP contribution in [-0.4, -0.2) is 29.0 Å². The van der Waals surface area contributed by atoms with Gasteiger partial charge in [-0.05, 0) is 25.8 Å². The van der Waals surface area contributed by atoms with E-state index >= 15 is 0 Å². The van der Waals surface area contributed by atoms with Crippen molar-refractivity contribution in [2.45, 2.75) is 26.0 Å². The molecule has 1 saturated heterocycles. The third-order valence-electron chi connectivity index (χ3n) is 3.30. The third-order valence-corrected chi connectivity index (χ3v) is 4.56. The molecule has 0 saturated carbocycles. The average Bonchev–Trinajstić information content (AvgIpc) is 2.80. The Balaban J connectivity index is 1.91. The molecule has 0 spiro atoms. The molecule has 104 valence electrons. The van der Waals surface area contributed by atoms with Crippen molar-refractivity contribution in [3.05, 3.63) is 34.9 Å². The van der Waals surface area contributed by atoms with Crippen LogP contribution in [0.3, 0.4) is 0 Å². The van der Waals surface area contributed by atoms with Gasteiger partial charge >= 0.3 is 0 Å². The van der Waals surface area contributed by atoms with E-state index in [1.54, 1.807) is 0 Å². The van der Waals surface area contributed by atoms with Gasteiger partial charge in [-0.3, -0.25) is 9.00 Å². The van der Waals surface area contributed by atoms with Crippen LogP contribution in [0.5, 0.6) is 0 Å². The molecule has 1 aromatic carbocycles. The first-order valence-electron chi connectivity index (χ1n) is 6.57. The standard InChI is InChI=1S/C15H20O3S/c1-11-5-12(2)7-13(6-11)9-19(17)10-15(16)14-3-4-18-8-14/h5-7,14H,3-4,8-10H2,1-2H3. The van der Waals surface area contributed by atoms with Crippen LogP contribution in [0.15, 0.2) is 18.2 Å². The minimum absolute atomic E-state index is 0.0387. The molecule has 0 radical (unpaired) electrons. The smallest absolute Gasteiger partial charge is 0.150 e. The number of ether oxygens (including phenoxy) is 1. The maximum absolute atomic E-state index is 12.1. The van der Waals surface area contributed by atoms with Crippen LogP contribution in [0.1, 0.15) is 23.1 Å². The summed E-state index contributed by atoms with van der Waals surface area (Å²) in [5, 5.41) is 0. The predicted molar refractivity (Wildman–Crippen MR) is 76.6 cm³/mol. The van der Waals surface area contributed by atoms with Crippen LogP contribution in [0.2, 0.25) is 0 Å². The van der Waals surface area contributed by atoms with Crippen molar-refractivity contribution < 1.29 is 13.7 Å². The number of aryl methyl sites for hydroxylation is 2. The lowest BCUT2D eigenvalue weighted by Crippen LogP contribution is -2.21. The van der Waals surface area contributed by atoms with Gasteiger partial charge in [-0.15, -0.1) is 0 Å². The number of rotatable bonds is 5. The summed E-state index contributed by atoms with van der Waals surface area (Å²) < 4.78 is 17.2. The fraction of sp³-hybridized carbons (Fsp3) is 0.533. The number of carbonyl (C=O) groups is 1. The molecule has 3 nitrogen and oxygen atoms in total. The molecule has 1 aromatic rings.